The Morgan fingerprint density at radius 3 is 2.48 bits per heavy atom. The summed E-state index contributed by atoms with van der Waals surface area (Å²) in [5, 5.41) is 17.0. The molecule has 1 aromatic heterocycles. The van der Waals surface area contributed by atoms with Crippen molar-refractivity contribution in [1.82, 2.24) is 15.2 Å². The van der Waals surface area contributed by atoms with Crippen LogP contribution in [0.25, 0.3) is 10.8 Å². The number of halogens is 1. The minimum atomic E-state index is -1.42. The Labute approximate surface area is 195 Å². The van der Waals surface area contributed by atoms with E-state index >= 15 is 0 Å². The first-order valence-electron chi connectivity index (χ1n) is 10.1. The minimum absolute atomic E-state index is 0.110. The summed E-state index contributed by atoms with van der Waals surface area (Å²) in [6.07, 6.45) is -0.439. The highest BCUT2D eigenvalue weighted by atomic mass is 35.5. The lowest BCUT2D eigenvalue weighted by atomic mass is 10.1. The summed E-state index contributed by atoms with van der Waals surface area (Å²) < 4.78 is 5.23. The number of hydrogen-bond acceptors (Lipinski definition) is 5. The molecule has 0 aliphatic carbocycles. The predicted octanol–water partition coefficient (Wildman–Crippen LogP) is 4.12. The number of nitrogens with zero attached hydrogens (tertiary/aromatic N) is 2. The quantitative estimate of drug-likeness (QED) is 0.477. The molecule has 172 valence electrons. The number of carboxylic acid groups (broad SMARTS) is 1. The van der Waals surface area contributed by atoms with Crippen molar-refractivity contribution in [2.45, 2.75) is 25.6 Å². The summed E-state index contributed by atoms with van der Waals surface area (Å²) in [6, 6.07) is 14.0. The molecule has 0 aliphatic heterocycles. The molecule has 33 heavy (non-hydrogen) atoms. The van der Waals surface area contributed by atoms with E-state index < -0.39 is 30.2 Å². The number of carboxylic acids is 1. The van der Waals surface area contributed by atoms with Gasteiger partial charge in [0.25, 0.3) is 0 Å². The highest BCUT2D eigenvalue weighted by Gasteiger charge is 2.34. The largest absolute Gasteiger partial charge is 0.480 e. The Morgan fingerprint density at radius 1 is 1.12 bits per heavy atom. The second-order valence-electron chi connectivity index (χ2n) is 7.30. The molecule has 3 N–H and O–H groups in total. The second-order valence-corrected chi connectivity index (χ2v) is 7.70. The lowest BCUT2D eigenvalue weighted by Crippen LogP contribution is -2.53. The zero-order valence-corrected chi connectivity index (χ0v) is 18.7. The molecule has 0 aliphatic rings. The number of carbonyl (C=O) groups is 3. The van der Waals surface area contributed by atoms with Gasteiger partial charge in [-0.3, -0.25) is 5.32 Å². The van der Waals surface area contributed by atoms with Crippen LogP contribution in [0.1, 0.15) is 12.5 Å². The van der Waals surface area contributed by atoms with Crippen LogP contribution in [0, 0.1) is 0 Å². The van der Waals surface area contributed by atoms with Crippen molar-refractivity contribution in [1.29, 1.82) is 0 Å². The summed E-state index contributed by atoms with van der Waals surface area (Å²) in [5.41, 5.74) is 0.680. The third-order valence-electron chi connectivity index (χ3n) is 4.98. The Hall–Kier alpha value is -3.85. The smallest absolute Gasteiger partial charge is 0.413 e. The van der Waals surface area contributed by atoms with Crippen molar-refractivity contribution in [2.75, 3.05) is 12.4 Å². The average Bonchev–Trinajstić information content (AvgIpc) is 2.77. The van der Waals surface area contributed by atoms with Gasteiger partial charge in [-0.25, -0.2) is 19.4 Å². The monoisotopic (exact) mass is 470 g/mol. The first kappa shape index (κ1) is 23.8. The maximum absolute atomic E-state index is 12.5. The minimum Gasteiger partial charge on any atom is -0.480 e. The van der Waals surface area contributed by atoms with E-state index in [1.165, 1.54) is 14.0 Å². The molecule has 2 aromatic carbocycles. The van der Waals surface area contributed by atoms with E-state index in [0.717, 1.165) is 15.7 Å². The number of anilines is 1. The fourth-order valence-electron chi connectivity index (χ4n) is 3.26. The van der Waals surface area contributed by atoms with Crippen LogP contribution in [0.2, 0.25) is 5.02 Å². The van der Waals surface area contributed by atoms with Crippen LogP contribution >= 0.6 is 11.6 Å². The molecular formula is C23H23ClN4O5. The zero-order chi connectivity index (χ0) is 24.0. The topological polar surface area (TPSA) is 121 Å². The second kappa shape index (κ2) is 10.6. The van der Waals surface area contributed by atoms with Gasteiger partial charge in [0.1, 0.15) is 11.9 Å². The fourth-order valence-corrected chi connectivity index (χ4v) is 3.47. The number of rotatable bonds is 7. The number of aliphatic carboxylic acids is 1. The molecule has 3 rings (SSSR count). The molecule has 9 nitrogen and oxygen atoms in total. The molecule has 10 heteroatoms. The van der Waals surface area contributed by atoms with Gasteiger partial charge in [0, 0.05) is 30.2 Å². The number of fused-ring (bicyclic) bond motifs is 1. The molecule has 1 heterocycles. The van der Waals surface area contributed by atoms with Gasteiger partial charge < -0.3 is 20.1 Å². The van der Waals surface area contributed by atoms with Crippen molar-refractivity contribution < 1.29 is 24.2 Å². The number of pyridine rings is 1. The van der Waals surface area contributed by atoms with E-state index in [0.29, 0.717) is 10.6 Å². The van der Waals surface area contributed by atoms with Crippen LogP contribution in [-0.4, -0.2) is 52.3 Å². The highest BCUT2D eigenvalue weighted by Crippen LogP contribution is 2.17. The lowest BCUT2D eigenvalue weighted by Gasteiger charge is -2.29. The number of carbonyl (C=O) groups excluding carboxylic acids is 2. The van der Waals surface area contributed by atoms with Crippen LogP contribution in [0.4, 0.5) is 15.4 Å². The molecule has 2 atom stereocenters. The highest BCUT2D eigenvalue weighted by molar-refractivity contribution is 6.31. The molecule has 0 radical (unpaired) electrons. The summed E-state index contributed by atoms with van der Waals surface area (Å²) in [6.45, 7) is 1.50. The van der Waals surface area contributed by atoms with E-state index in [9.17, 15) is 19.5 Å². The van der Waals surface area contributed by atoms with Crippen molar-refractivity contribution in [3.05, 3.63) is 71.4 Å². The number of likely N-dealkylation sites (N-methyl/N-ethyl adjacent to an activating group) is 1. The number of amides is 3. The van der Waals surface area contributed by atoms with Crippen LogP contribution in [0.3, 0.4) is 0 Å². The summed E-state index contributed by atoms with van der Waals surface area (Å²) in [5.74, 6) is -1.07. The summed E-state index contributed by atoms with van der Waals surface area (Å²) >= 11 is 6.08. The van der Waals surface area contributed by atoms with Crippen molar-refractivity contribution >= 4 is 46.3 Å². The number of ether oxygens (including phenoxy) is 1. The Kier molecular flexibility index (Phi) is 7.68. The van der Waals surface area contributed by atoms with Gasteiger partial charge in [-0.15, -0.1) is 0 Å². The Morgan fingerprint density at radius 2 is 1.79 bits per heavy atom. The van der Waals surface area contributed by atoms with E-state index in [-0.39, 0.29) is 12.4 Å². The molecule has 3 amide bonds. The third kappa shape index (κ3) is 6.11. The van der Waals surface area contributed by atoms with E-state index in [1.807, 2.05) is 24.3 Å². The standard InChI is InChI=1S/C23H23ClN4O5/c1-14(33-23(32)27-19-11-15-7-3-4-8-16(15)12-25-19)20(21(29)30)28(2)22(31)26-13-17-9-5-6-10-18(17)24/h3-12,14,20H,13H2,1-2H3,(H,26,31)(H,29,30)(H,25,27,32)/t14?,20-/m1/s1. The van der Waals surface area contributed by atoms with E-state index in [4.69, 9.17) is 16.3 Å². The van der Waals surface area contributed by atoms with Gasteiger partial charge in [0.05, 0.1) is 0 Å². The summed E-state index contributed by atoms with van der Waals surface area (Å²) in [4.78, 5) is 41.8. The molecule has 0 saturated heterocycles. The lowest BCUT2D eigenvalue weighted by molar-refractivity contribution is -0.145. The molecule has 0 spiro atoms. The predicted molar refractivity (Wildman–Crippen MR) is 124 cm³/mol. The first-order chi connectivity index (χ1) is 15.8. The van der Waals surface area contributed by atoms with Gasteiger partial charge in [-0.05, 0) is 30.0 Å². The zero-order valence-electron chi connectivity index (χ0n) is 18.0. The number of aromatic nitrogens is 1. The van der Waals surface area contributed by atoms with Crippen molar-refractivity contribution in [2.24, 2.45) is 0 Å². The molecule has 1 unspecified atom stereocenters. The first-order valence-corrected chi connectivity index (χ1v) is 10.4. The van der Waals surface area contributed by atoms with Crippen molar-refractivity contribution in [3.8, 4) is 0 Å². The number of nitrogens with one attached hydrogen (secondary N) is 2. The maximum atomic E-state index is 12.5. The third-order valence-corrected chi connectivity index (χ3v) is 5.35. The Bertz CT molecular complexity index is 1170. The van der Waals surface area contributed by atoms with E-state index in [2.05, 4.69) is 15.6 Å². The molecule has 0 saturated carbocycles. The number of hydrogen-bond donors (Lipinski definition) is 3. The van der Waals surface area contributed by atoms with Crippen LogP contribution in [-0.2, 0) is 16.1 Å². The molecule has 0 bridgehead atoms. The van der Waals surface area contributed by atoms with Gasteiger partial charge in [-0.1, -0.05) is 54.1 Å². The number of benzene rings is 2. The maximum Gasteiger partial charge on any atom is 0.413 e. The summed E-state index contributed by atoms with van der Waals surface area (Å²) in [7, 11) is 1.31. The molecular weight excluding hydrogens is 448 g/mol. The van der Waals surface area contributed by atoms with Crippen LogP contribution in [0.15, 0.2) is 60.8 Å². The normalized spacial score (nSPS) is 12.5. The van der Waals surface area contributed by atoms with Gasteiger partial charge >= 0.3 is 18.1 Å². The molecule has 3 aromatic rings. The average molecular weight is 471 g/mol. The van der Waals surface area contributed by atoms with E-state index in [1.54, 1.807) is 36.5 Å². The van der Waals surface area contributed by atoms with Crippen molar-refractivity contribution in [3.63, 3.8) is 0 Å². The van der Waals surface area contributed by atoms with Gasteiger partial charge in [0.15, 0.2) is 6.04 Å². The van der Waals surface area contributed by atoms with Crippen LogP contribution < -0.4 is 10.6 Å². The fraction of sp³-hybridized carbons (Fsp3) is 0.217. The SMILES string of the molecule is CC(OC(=O)Nc1cc2ccccc2cn1)[C@H](C(=O)O)N(C)C(=O)NCc1ccccc1Cl. The molecule has 0 fully saturated rings. The van der Waals surface area contributed by atoms with Gasteiger partial charge in [0.2, 0.25) is 0 Å². The van der Waals surface area contributed by atoms with Crippen LogP contribution in [0.5, 0.6) is 0 Å². The Balaban J connectivity index is 1.61. The number of urea groups is 1. The van der Waals surface area contributed by atoms with Gasteiger partial charge in [-0.2, -0.15) is 0 Å².